The Morgan fingerprint density at radius 1 is 1.40 bits per heavy atom. The van der Waals surface area contributed by atoms with Crippen LogP contribution in [0.4, 0.5) is 0 Å². The number of amides is 1. The molecule has 1 heterocycles. The number of carboxylic acid groups (broad SMARTS) is 1. The van der Waals surface area contributed by atoms with Crippen molar-refractivity contribution in [2.45, 2.75) is 57.5 Å². The summed E-state index contributed by atoms with van der Waals surface area (Å²) in [4.78, 5) is 25.1. The highest BCUT2D eigenvalue weighted by Crippen LogP contribution is 2.18. The van der Waals surface area contributed by atoms with Crippen molar-refractivity contribution >= 4 is 11.9 Å². The average Bonchev–Trinajstić information content (AvgIpc) is 2.45. The lowest BCUT2D eigenvalue weighted by molar-refractivity contribution is -0.145. The number of hydrogen-bond donors (Lipinski definition) is 2. The second-order valence-electron chi connectivity index (χ2n) is 5.30. The van der Waals surface area contributed by atoms with Gasteiger partial charge in [-0.05, 0) is 32.2 Å². The molecule has 0 aromatic carbocycles. The maximum Gasteiger partial charge on any atom is 0.320 e. The first-order valence-corrected chi connectivity index (χ1v) is 7.23. The lowest BCUT2D eigenvalue weighted by atomic mass is 9.94. The zero-order valence-corrected chi connectivity index (χ0v) is 12.3. The van der Waals surface area contributed by atoms with Crippen LogP contribution in [0.3, 0.4) is 0 Å². The minimum atomic E-state index is -0.855. The van der Waals surface area contributed by atoms with Crippen LogP contribution in [0.5, 0.6) is 0 Å². The number of carbonyl (C=O) groups is 2. The van der Waals surface area contributed by atoms with E-state index in [-0.39, 0.29) is 12.5 Å². The van der Waals surface area contributed by atoms with E-state index in [1.165, 1.54) is 0 Å². The number of hydrogen-bond acceptors (Lipinski definition) is 3. The van der Waals surface area contributed by atoms with Gasteiger partial charge in [-0.3, -0.25) is 14.5 Å². The summed E-state index contributed by atoms with van der Waals surface area (Å²) in [6.45, 7) is 4.61. The first-order chi connectivity index (χ1) is 9.48. The lowest BCUT2D eigenvalue weighted by Crippen LogP contribution is -2.53. The van der Waals surface area contributed by atoms with Gasteiger partial charge in [0.15, 0.2) is 0 Å². The van der Waals surface area contributed by atoms with E-state index in [1.807, 2.05) is 13.8 Å². The molecule has 1 rings (SSSR count). The van der Waals surface area contributed by atoms with Crippen molar-refractivity contribution in [1.29, 1.82) is 0 Å². The fourth-order valence-corrected chi connectivity index (χ4v) is 2.62. The van der Waals surface area contributed by atoms with Crippen molar-refractivity contribution in [3.8, 4) is 12.3 Å². The van der Waals surface area contributed by atoms with Gasteiger partial charge in [-0.1, -0.05) is 26.2 Å². The van der Waals surface area contributed by atoms with Crippen molar-refractivity contribution in [2.24, 2.45) is 0 Å². The summed E-state index contributed by atoms with van der Waals surface area (Å²) < 4.78 is 0. The smallest absolute Gasteiger partial charge is 0.320 e. The Kier molecular flexibility index (Phi) is 6.03. The number of terminal acetylenes is 1. The molecular formula is C15H24N2O3. The lowest BCUT2D eigenvalue weighted by Gasteiger charge is -2.34. The third kappa shape index (κ3) is 3.97. The van der Waals surface area contributed by atoms with Crippen LogP contribution in [0.1, 0.15) is 46.0 Å². The van der Waals surface area contributed by atoms with E-state index in [9.17, 15) is 14.7 Å². The van der Waals surface area contributed by atoms with Gasteiger partial charge < -0.3 is 10.4 Å². The third-order valence-electron chi connectivity index (χ3n) is 4.11. The summed E-state index contributed by atoms with van der Waals surface area (Å²) in [6, 6.07) is -0.557. The maximum atomic E-state index is 12.1. The molecule has 1 atom stereocenters. The zero-order valence-electron chi connectivity index (χ0n) is 12.3. The van der Waals surface area contributed by atoms with Crippen LogP contribution in [-0.4, -0.2) is 46.6 Å². The zero-order chi connectivity index (χ0) is 15.2. The molecule has 20 heavy (non-hydrogen) atoms. The molecule has 5 heteroatoms. The van der Waals surface area contributed by atoms with E-state index in [0.717, 1.165) is 12.8 Å². The number of carbonyl (C=O) groups excluding carboxylic acids is 1. The highest BCUT2D eigenvalue weighted by Gasteiger charge is 2.31. The molecule has 1 unspecified atom stereocenters. The van der Waals surface area contributed by atoms with Crippen molar-refractivity contribution in [1.82, 2.24) is 10.2 Å². The second-order valence-corrected chi connectivity index (χ2v) is 5.30. The van der Waals surface area contributed by atoms with E-state index < -0.39 is 17.6 Å². The first-order valence-electron chi connectivity index (χ1n) is 7.23. The summed E-state index contributed by atoms with van der Waals surface area (Å²) in [5.74, 6) is 1.60. The highest BCUT2D eigenvalue weighted by molar-refractivity contribution is 5.81. The van der Waals surface area contributed by atoms with E-state index >= 15 is 0 Å². The van der Waals surface area contributed by atoms with Crippen LogP contribution >= 0.6 is 0 Å². The standard InChI is InChI=1S/C15H24N2O3/c1-4-15(5-2,6-3)16-13(18)11-17-10-8-7-9-12(17)14(19)20/h1,12H,5-11H2,2-3H3,(H,16,18)(H,19,20). The van der Waals surface area contributed by atoms with Crippen LogP contribution in [0.25, 0.3) is 0 Å². The number of nitrogens with one attached hydrogen (secondary N) is 1. The normalized spacial score (nSPS) is 20.1. The van der Waals surface area contributed by atoms with Gasteiger partial charge in [0.25, 0.3) is 0 Å². The molecule has 1 fully saturated rings. The summed E-state index contributed by atoms with van der Waals surface area (Å²) >= 11 is 0. The fraction of sp³-hybridized carbons (Fsp3) is 0.733. The number of likely N-dealkylation sites (tertiary alicyclic amines) is 1. The Bertz CT molecular complexity index is 396. The largest absolute Gasteiger partial charge is 0.480 e. The van der Waals surface area contributed by atoms with Crippen molar-refractivity contribution in [3.63, 3.8) is 0 Å². The Morgan fingerprint density at radius 3 is 2.55 bits per heavy atom. The highest BCUT2D eigenvalue weighted by atomic mass is 16.4. The summed E-state index contributed by atoms with van der Waals surface area (Å²) in [5, 5.41) is 12.1. The molecule has 112 valence electrons. The monoisotopic (exact) mass is 280 g/mol. The van der Waals surface area contributed by atoms with Crippen molar-refractivity contribution < 1.29 is 14.7 Å². The Hall–Kier alpha value is -1.54. The Balaban J connectivity index is 2.65. The van der Waals surface area contributed by atoms with Gasteiger partial charge in [-0.15, -0.1) is 6.42 Å². The van der Waals surface area contributed by atoms with E-state index in [2.05, 4.69) is 11.2 Å². The van der Waals surface area contributed by atoms with Gasteiger partial charge in [0, 0.05) is 0 Å². The molecule has 5 nitrogen and oxygen atoms in total. The number of rotatable bonds is 6. The minimum absolute atomic E-state index is 0.0976. The molecule has 1 aliphatic heterocycles. The Morgan fingerprint density at radius 2 is 2.05 bits per heavy atom. The molecule has 0 spiro atoms. The molecule has 0 aliphatic carbocycles. The van der Waals surface area contributed by atoms with Crippen LogP contribution in [0.15, 0.2) is 0 Å². The number of nitrogens with zero attached hydrogens (tertiary/aromatic N) is 1. The molecule has 1 aliphatic rings. The maximum absolute atomic E-state index is 12.1. The molecule has 0 radical (unpaired) electrons. The van der Waals surface area contributed by atoms with Crippen LogP contribution in [0.2, 0.25) is 0 Å². The summed E-state index contributed by atoms with van der Waals surface area (Å²) in [7, 11) is 0. The van der Waals surface area contributed by atoms with Crippen LogP contribution < -0.4 is 5.32 Å². The van der Waals surface area contributed by atoms with Gasteiger partial charge in [0.2, 0.25) is 5.91 Å². The van der Waals surface area contributed by atoms with Crippen molar-refractivity contribution in [2.75, 3.05) is 13.1 Å². The van der Waals surface area contributed by atoms with Gasteiger partial charge in [-0.25, -0.2) is 0 Å². The number of piperidine rings is 1. The molecular weight excluding hydrogens is 256 g/mol. The van der Waals surface area contributed by atoms with Gasteiger partial charge in [0.1, 0.15) is 11.6 Å². The minimum Gasteiger partial charge on any atom is -0.480 e. The number of aliphatic carboxylic acids is 1. The molecule has 2 N–H and O–H groups in total. The topological polar surface area (TPSA) is 69.6 Å². The van der Waals surface area contributed by atoms with Gasteiger partial charge in [-0.2, -0.15) is 0 Å². The molecule has 0 aromatic heterocycles. The van der Waals surface area contributed by atoms with Crippen LogP contribution in [-0.2, 0) is 9.59 Å². The van der Waals surface area contributed by atoms with Gasteiger partial charge >= 0.3 is 5.97 Å². The molecule has 0 bridgehead atoms. The van der Waals surface area contributed by atoms with Crippen molar-refractivity contribution in [3.05, 3.63) is 0 Å². The SMILES string of the molecule is C#CC(CC)(CC)NC(=O)CN1CCCCC1C(=O)O. The van der Waals surface area contributed by atoms with Gasteiger partial charge in [0.05, 0.1) is 6.54 Å². The summed E-state index contributed by atoms with van der Waals surface area (Å²) in [5.41, 5.74) is -0.619. The first kappa shape index (κ1) is 16.5. The molecule has 0 saturated carbocycles. The summed E-state index contributed by atoms with van der Waals surface area (Å²) in [6.07, 6.45) is 9.26. The molecule has 1 amide bonds. The van der Waals surface area contributed by atoms with Crippen LogP contribution in [0, 0.1) is 12.3 Å². The molecule has 1 saturated heterocycles. The van der Waals surface area contributed by atoms with E-state index in [4.69, 9.17) is 6.42 Å². The van der Waals surface area contributed by atoms with E-state index in [0.29, 0.717) is 25.8 Å². The van der Waals surface area contributed by atoms with E-state index in [1.54, 1.807) is 4.90 Å². The quantitative estimate of drug-likeness (QED) is 0.718. The predicted molar refractivity (Wildman–Crippen MR) is 77.1 cm³/mol. The third-order valence-corrected chi connectivity index (χ3v) is 4.11. The fourth-order valence-electron chi connectivity index (χ4n) is 2.62. The predicted octanol–water partition coefficient (Wildman–Crippen LogP) is 1.23. The Labute approximate surface area is 120 Å². The average molecular weight is 280 g/mol. The second kappa shape index (κ2) is 7.30. The number of carboxylic acids is 1. The molecule has 0 aromatic rings.